The predicted molar refractivity (Wildman–Crippen MR) is 109 cm³/mol. The number of carbonyl (C=O) groups excluding carboxylic acids is 1. The first-order valence-corrected chi connectivity index (χ1v) is 10.9. The fourth-order valence-electron chi connectivity index (χ4n) is 2.56. The van der Waals surface area contributed by atoms with Gasteiger partial charge in [-0.15, -0.1) is 0 Å². The van der Waals surface area contributed by atoms with Crippen molar-refractivity contribution in [1.29, 1.82) is 0 Å². The van der Waals surface area contributed by atoms with Gasteiger partial charge in [0.05, 0.1) is 23.6 Å². The minimum atomic E-state index is -4.62. The fourth-order valence-corrected chi connectivity index (χ4v) is 3.09. The molecule has 0 aliphatic carbocycles. The molecule has 31 heavy (non-hydrogen) atoms. The van der Waals surface area contributed by atoms with Crippen LogP contribution in [0.4, 0.5) is 23.7 Å². The van der Waals surface area contributed by atoms with Crippen LogP contribution in [0, 0.1) is 0 Å². The van der Waals surface area contributed by atoms with Gasteiger partial charge in [0.1, 0.15) is 5.75 Å². The zero-order valence-corrected chi connectivity index (χ0v) is 17.8. The lowest BCUT2D eigenvalue weighted by Gasteiger charge is -2.24. The van der Waals surface area contributed by atoms with Crippen molar-refractivity contribution in [2.45, 2.75) is 19.6 Å². The van der Waals surface area contributed by atoms with Crippen LogP contribution in [0.2, 0.25) is 0 Å². The highest BCUT2D eigenvalue weighted by atomic mass is 32.2. The lowest BCUT2D eigenvalue weighted by atomic mass is 10.1. The number of urea groups is 1. The standard InChI is InChI=1S/C20H23F3N2O5S/c1-3-31(27,28)30-16-10-8-15(9-11-16)14-25(12-13-29-2)19(26)24-18-7-5-4-6-17(18)20(21,22)23/h4-11H,3,12-14H2,1-2H3,(H,24,26). The third-order valence-electron chi connectivity index (χ3n) is 4.20. The molecule has 2 aromatic rings. The maximum Gasteiger partial charge on any atom is 0.418 e. The molecule has 11 heteroatoms. The number of halogens is 3. The van der Waals surface area contributed by atoms with Crippen LogP contribution in [-0.2, 0) is 27.6 Å². The topological polar surface area (TPSA) is 84.9 Å². The number of methoxy groups -OCH3 is 1. The van der Waals surface area contributed by atoms with Gasteiger partial charge in [-0.25, -0.2) is 4.79 Å². The molecule has 0 fully saturated rings. The zero-order valence-electron chi connectivity index (χ0n) is 17.0. The number of hydrogen-bond donors (Lipinski definition) is 1. The van der Waals surface area contributed by atoms with E-state index in [1.807, 2.05) is 0 Å². The molecule has 0 spiro atoms. The Morgan fingerprint density at radius 1 is 1.10 bits per heavy atom. The molecule has 0 aliphatic rings. The third kappa shape index (κ3) is 7.44. The Balaban J connectivity index is 2.16. The van der Waals surface area contributed by atoms with Crippen LogP contribution in [0.3, 0.4) is 0 Å². The molecule has 0 heterocycles. The van der Waals surface area contributed by atoms with Crippen LogP contribution < -0.4 is 9.50 Å². The molecule has 0 saturated heterocycles. The zero-order chi connectivity index (χ0) is 23.1. The highest BCUT2D eigenvalue weighted by Gasteiger charge is 2.33. The average Bonchev–Trinajstić information content (AvgIpc) is 2.71. The van der Waals surface area contributed by atoms with Gasteiger partial charge in [-0.2, -0.15) is 21.6 Å². The number of nitrogens with zero attached hydrogens (tertiary/aromatic N) is 1. The van der Waals surface area contributed by atoms with E-state index in [2.05, 4.69) is 5.32 Å². The molecule has 1 N–H and O–H groups in total. The molecule has 0 atom stereocenters. The summed E-state index contributed by atoms with van der Waals surface area (Å²) in [7, 11) is -2.23. The first-order chi connectivity index (χ1) is 14.6. The minimum absolute atomic E-state index is 0.0597. The normalized spacial score (nSPS) is 11.8. The van der Waals surface area contributed by atoms with E-state index in [0.29, 0.717) is 5.56 Å². The Morgan fingerprint density at radius 2 is 1.74 bits per heavy atom. The Bertz CT molecular complexity index is 979. The summed E-state index contributed by atoms with van der Waals surface area (Å²) < 4.78 is 72.5. The minimum Gasteiger partial charge on any atom is -0.383 e. The van der Waals surface area contributed by atoms with Crippen LogP contribution >= 0.6 is 0 Å². The molecule has 2 rings (SSSR count). The second-order valence-corrected chi connectivity index (χ2v) is 8.32. The van der Waals surface area contributed by atoms with Crippen molar-refractivity contribution in [1.82, 2.24) is 4.90 Å². The quantitative estimate of drug-likeness (QED) is 0.569. The van der Waals surface area contributed by atoms with E-state index in [0.717, 1.165) is 6.07 Å². The van der Waals surface area contributed by atoms with Crippen molar-refractivity contribution < 1.29 is 35.3 Å². The lowest BCUT2D eigenvalue weighted by Crippen LogP contribution is -2.37. The largest absolute Gasteiger partial charge is 0.418 e. The van der Waals surface area contributed by atoms with E-state index in [-0.39, 0.29) is 36.9 Å². The summed E-state index contributed by atoms with van der Waals surface area (Å²) in [6.45, 7) is 1.81. The fraction of sp³-hybridized carbons (Fsp3) is 0.350. The van der Waals surface area contributed by atoms with E-state index in [9.17, 15) is 26.4 Å². The number of benzene rings is 2. The maximum absolute atomic E-state index is 13.2. The predicted octanol–water partition coefficient (Wildman–Crippen LogP) is 4.11. The van der Waals surface area contributed by atoms with Crippen molar-refractivity contribution >= 4 is 21.8 Å². The van der Waals surface area contributed by atoms with Crippen molar-refractivity contribution in [3.63, 3.8) is 0 Å². The second-order valence-electron chi connectivity index (χ2n) is 6.46. The summed E-state index contributed by atoms with van der Waals surface area (Å²) in [6.07, 6.45) is -4.62. The van der Waals surface area contributed by atoms with Gasteiger partial charge in [0.2, 0.25) is 0 Å². The van der Waals surface area contributed by atoms with Gasteiger partial charge in [0, 0.05) is 20.2 Å². The molecule has 0 saturated carbocycles. The maximum atomic E-state index is 13.2. The average molecular weight is 460 g/mol. The lowest BCUT2D eigenvalue weighted by molar-refractivity contribution is -0.136. The smallest absolute Gasteiger partial charge is 0.383 e. The molecule has 0 aromatic heterocycles. The van der Waals surface area contributed by atoms with E-state index in [1.54, 1.807) is 12.1 Å². The van der Waals surface area contributed by atoms with Gasteiger partial charge in [-0.1, -0.05) is 24.3 Å². The van der Waals surface area contributed by atoms with Crippen molar-refractivity contribution in [2.24, 2.45) is 0 Å². The number of anilines is 1. The van der Waals surface area contributed by atoms with Gasteiger partial charge in [0.25, 0.3) is 0 Å². The van der Waals surface area contributed by atoms with Gasteiger partial charge in [-0.05, 0) is 36.8 Å². The second kappa shape index (κ2) is 10.5. The summed E-state index contributed by atoms with van der Waals surface area (Å²) in [5, 5.41) is 2.30. The van der Waals surface area contributed by atoms with Crippen LogP contribution in [0.25, 0.3) is 0 Å². The molecular formula is C20H23F3N2O5S. The van der Waals surface area contributed by atoms with E-state index >= 15 is 0 Å². The molecule has 0 bridgehead atoms. The Kier molecular flexibility index (Phi) is 8.28. The summed E-state index contributed by atoms with van der Waals surface area (Å²) in [5.41, 5.74) is -0.679. The Morgan fingerprint density at radius 3 is 2.32 bits per heavy atom. The van der Waals surface area contributed by atoms with E-state index in [4.69, 9.17) is 8.92 Å². The van der Waals surface area contributed by atoms with Crippen LogP contribution in [-0.4, -0.2) is 45.4 Å². The van der Waals surface area contributed by atoms with Gasteiger partial charge < -0.3 is 19.1 Å². The van der Waals surface area contributed by atoms with Crippen molar-refractivity contribution in [3.8, 4) is 5.75 Å². The van der Waals surface area contributed by atoms with Gasteiger partial charge in [0.15, 0.2) is 0 Å². The van der Waals surface area contributed by atoms with E-state index < -0.39 is 27.9 Å². The number of rotatable bonds is 9. The monoisotopic (exact) mass is 460 g/mol. The number of para-hydroxylation sites is 1. The van der Waals surface area contributed by atoms with Crippen molar-refractivity contribution in [3.05, 3.63) is 59.7 Å². The SMILES string of the molecule is CCS(=O)(=O)Oc1ccc(CN(CCOC)C(=O)Nc2ccccc2C(F)(F)F)cc1. The number of ether oxygens (including phenoxy) is 1. The third-order valence-corrected chi connectivity index (χ3v) is 5.35. The first kappa shape index (κ1) is 24.5. The summed E-state index contributed by atoms with van der Waals surface area (Å²) in [4.78, 5) is 14.0. The van der Waals surface area contributed by atoms with Crippen molar-refractivity contribution in [2.75, 3.05) is 31.3 Å². The van der Waals surface area contributed by atoms with Gasteiger partial charge in [-0.3, -0.25) is 0 Å². The number of hydrogen-bond acceptors (Lipinski definition) is 5. The summed E-state index contributed by atoms with van der Waals surface area (Å²) >= 11 is 0. The number of nitrogens with one attached hydrogen (secondary N) is 1. The number of amides is 2. The Labute approximate surface area is 178 Å². The van der Waals surface area contributed by atoms with Crippen LogP contribution in [0.15, 0.2) is 48.5 Å². The number of alkyl halides is 3. The molecule has 7 nitrogen and oxygen atoms in total. The molecule has 0 unspecified atom stereocenters. The molecule has 2 aromatic carbocycles. The van der Waals surface area contributed by atoms with Crippen LogP contribution in [0.1, 0.15) is 18.1 Å². The molecule has 0 radical (unpaired) electrons. The molecule has 0 aliphatic heterocycles. The highest BCUT2D eigenvalue weighted by molar-refractivity contribution is 7.87. The first-order valence-electron chi connectivity index (χ1n) is 9.28. The molecular weight excluding hydrogens is 437 g/mol. The molecule has 2 amide bonds. The van der Waals surface area contributed by atoms with Crippen LogP contribution in [0.5, 0.6) is 5.75 Å². The number of carbonyl (C=O) groups is 1. The summed E-state index contributed by atoms with van der Waals surface area (Å²) in [5.74, 6) is -0.0587. The Hall–Kier alpha value is -2.79. The molecule has 170 valence electrons. The van der Waals surface area contributed by atoms with Gasteiger partial charge >= 0.3 is 22.3 Å². The summed E-state index contributed by atoms with van der Waals surface area (Å²) in [6, 6.07) is 9.98. The highest BCUT2D eigenvalue weighted by Crippen LogP contribution is 2.34. The van der Waals surface area contributed by atoms with E-state index in [1.165, 1.54) is 49.3 Å².